The molecule has 0 aliphatic carbocycles. The van der Waals surface area contributed by atoms with Crippen LogP contribution in [0.1, 0.15) is 17.5 Å². The normalized spacial score (nSPS) is 10.8. The van der Waals surface area contributed by atoms with Crippen LogP contribution < -0.4 is 4.74 Å². The molecule has 0 amide bonds. The standard InChI is InChI=1S/C18H20N4OS/c1-14-8-10-16(11-9-14)22-18(19-20-21-22)24-13-5-12-23-17-7-4-3-6-15(17)2/h3-4,6-11H,5,12-13H2,1-2H3. The van der Waals surface area contributed by atoms with Gasteiger partial charge in [0.1, 0.15) is 5.75 Å². The fraction of sp³-hybridized carbons (Fsp3) is 0.278. The third kappa shape index (κ3) is 4.14. The number of benzene rings is 2. The largest absolute Gasteiger partial charge is 0.493 e. The summed E-state index contributed by atoms with van der Waals surface area (Å²) >= 11 is 1.64. The van der Waals surface area contributed by atoms with E-state index in [4.69, 9.17) is 4.74 Å². The van der Waals surface area contributed by atoms with Crippen LogP contribution in [0.4, 0.5) is 0 Å². The minimum atomic E-state index is 0.684. The summed E-state index contributed by atoms with van der Waals surface area (Å²) < 4.78 is 7.58. The molecule has 0 N–H and O–H groups in total. The van der Waals surface area contributed by atoms with E-state index in [2.05, 4.69) is 47.6 Å². The zero-order chi connectivity index (χ0) is 16.8. The van der Waals surface area contributed by atoms with Crippen LogP contribution in [0.15, 0.2) is 53.7 Å². The summed E-state index contributed by atoms with van der Waals surface area (Å²) in [6, 6.07) is 16.2. The van der Waals surface area contributed by atoms with E-state index >= 15 is 0 Å². The molecule has 5 nitrogen and oxygen atoms in total. The lowest BCUT2D eigenvalue weighted by Crippen LogP contribution is -2.02. The smallest absolute Gasteiger partial charge is 0.214 e. The van der Waals surface area contributed by atoms with Gasteiger partial charge >= 0.3 is 0 Å². The number of hydrogen-bond acceptors (Lipinski definition) is 5. The van der Waals surface area contributed by atoms with Gasteiger partial charge in [-0.05, 0) is 54.5 Å². The van der Waals surface area contributed by atoms with E-state index in [0.717, 1.165) is 34.3 Å². The molecule has 0 spiro atoms. The van der Waals surface area contributed by atoms with Gasteiger partial charge in [0, 0.05) is 5.75 Å². The zero-order valence-electron chi connectivity index (χ0n) is 13.8. The van der Waals surface area contributed by atoms with Crippen molar-refractivity contribution in [2.24, 2.45) is 0 Å². The van der Waals surface area contributed by atoms with Crippen molar-refractivity contribution >= 4 is 11.8 Å². The number of nitrogens with zero attached hydrogens (tertiary/aromatic N) is 4. The van der Waals surface area contributed by atoms with E-state index in [1.165, 1.54) is 5.56 Å². The van der Waals surface area contributed by atoms with Gasteiger partial charge in [0.15, 0.2) is 0 Å². The maximum absolute atomic E-state index is 5.81. The second-order valence-electron chi connectivity index (χ2n) is 5.52. The van der Waals surface area contributed by atoms with E-state index in [-0.39, 0.29) is 0 Å². The van der Waals surface area contributed by atoms with Crippen LogP contribution in [0.25, 0.3) is 5.69 Å². The molecule has 0 aliphatic heterocycles. The van der Waals surface area contributed by atoms with Crippen LogP contribution >= 0.6 is 11.8 Å². The summed E-state index contributed by atoms with van der Waals surface area (Å²) in [6.45, 7) is 4.80. The Balaban J connectivity index is 1.50. The monoisotopic (exact) mass is 340 g/mol. The number of hydrogen-bond donors (Lipinski definition) is 0. The van der Waals surface area contributed by atoms with Gasteiger partial charge in [-0.2, -0.15) is 4.68 Å². The molecule has 0 atom stereocenters. The molecule has 0 unspecified atom stereocenters. The average Bonchev–Trinajstić information content (AvgIpc) is 3.05. The molecule has 0 saturated heterocycles. The molecule has 0 radical (unpaired) electrons. The van der Waals surface area contributed by atoms with Crippen molar-refractivity contribution in [1.82, 2.24) is 20.2 Å². The van der Waals surface area contributed by atoms with Gasteiger partial charge in [0.2, 0.25) is 5.16 Å². The first-order valence-electron chi connectivity index (χ1n) is 7.91. The number of aromatic nitrogens is 4. The highest BCUT2D eigenvalue weighted by Gasteiger charge is 2.08. The Bertz CT molecular complexity index is 786. The summed E-state index contributed by atoms with van der Waals surface area (Å²) in [6.07, 6.45) is 0.930. The first kappa shape index (κ1) is 16.5. The number of ether oxygens (including phenoxy) is 1. The van der Waals surface area contributed by atoms with Crippen LogP contribution in [0.5, 0.6) is 5.75 Å². The second-order valence-corrected chi connectivity index (χ2v) is 6.59. The molecule has 1 aromatic heterocycles. The molecule has 124 valence electrons. The Kier molecular flexibility index (Phi) is 5.48. The lowest BCUT2D eigenvalue weighted by atomic mass is 10.2. The van der Waals surface area contributed by atoms with E-state index in [1.807, 2.05) is 30.3 Å². The summed E-state index contributed by atoms with van der Waals surface area (Å²) in [5.41, 5.74) is 3.35. The predicted octanol–water partition coefficient (Wildman–Crippen LogP) is 3.84. The molecular formula is C18H20N4OS. The number of aryl methyl sites for hydroxylation is 2. The van der Waals surface area contributed by atoms with Gasteiger partial charge in [-0.1, -0.05) is 47.7 Å². The molecular weight excluding hydrogens is 320 g/mol. The second kappa shape index (κ2) is 7.97. The molecule has 0 fully saturated rings. The Labute approximate surface area is 146 Å². The van der Waals surface area contributed by atoms with Crippen molar-refractivity contribution in [3.05, 3.63) is 59.7 Å². The van der Waals surface area contributed by atoms with E-state index in [0.29, 0.717) is 6.61 Å². The molecule has 0 saturated carbocycles. The van der Waals surface area contributed by atoms with Crippen molar-refractivity contribution in [2.75, 3.05) is 12.4 Å². The third-order valence-corrected chi connectivity index (χ3v) is 4.60. The summed E-state index contributed by atoms with van der Waals surface area (Å²) in [4.78, 5) is 0. The summed E-state index contributed by atoms with van der Waals surface area (Å²) in [5.74, 6) is 1.85. The zero-order valence-corrected chi connectivity index (χ0v) is 14.7. The van der Waals surface area contributed by atoms with Gasteiger partial charge in [-0.25, -0.2) is 0 Å². The number of rotatable bonds is 7. The van der Waals surface area contributed by atoms with Crippen molar-refractivity contribution < 1.29 is 4.74 Å². The minimum absolute atomic E-state index is 0.684. The lowest BCUT2D eigenvalue weighted by Gasteiger charge is -2.08. The lowest BCUT2D eigenvalue weighted by molar-refractivity contribution is 0.316. The van der Waals surface area contributed by atoms with Crippen LogP contribution in [-0.2, 0) is 0 Å². The molecule has 3 rings (SSSR count). The number of tetrazole rings is 1. The van der Waals surface area contributed by atoms with Gasteiger partial charge in [-0.15, -0.1) is 5.10 Å². The summed E-state index contributed by atoms with van der Waals surface area (Å²) in [5, 5.41) is 12.8. The van der Waals surface area contributed by atoms with Crippen molar-refractivity contribution in [1.29, 1.82) is 0 Å². The fourth-order valence-corrected chi connectivity index (χ4v) is 3.04. The van der Waals surface area contributed by atoms with Gasteiger partial charge in [-0.3, -0.25) is 0 Å². The molecule has 0 aliphatic rings. The third-order valence-electron chi connectivity index (χ3n) is 3.59. The highest BCUT2D eigenvalue weighted by Crippen LogP contribution is 2.20. The first-order valence-corrected chi connectivity index (χ1v) is 8.89. The van der Waals surface area contributed by atoms with Crippen LogP contribution in [0, 0.1) is 13.8 Å². The van der Waals surface area contributed by atoms with Gasteiger partial charge in [0.25, 0.3) is 0 Å². The van der Waals surface area contributed by atoms with E-state index < -0.39 is 0 Å². The van der Waals surface area contributed by atoms with Crippen molar-refractivity contribution in [3.63, 3.8) is 0 Å². The molecule has 6 heteroatoms. The summed E-state index contributed by atoms with van der Waals surface area (Å²) in [7, 11) is 0. The Morgan fingerprint density at radius 2 is 1.83 bits per heavy atom. The molecule has 1 heterocycles. The SMILES string of the molecule is Cc1ccc(-n2nnnc2SCCCOc2ccccc2C)cc1. The quantitative estimate of drug-likeness (QED) is 0.483. The first-order chi connectivity index (χ1) is 11.7. The molecule has 2 aromatic carbocycles. The van der Waals surface area contributed by atoms with Crippen molar-refractivity contribution in [2.45, 2.75) is 25.4 Å². The molecule has 3 aromatic rings. The Morgan fingerprint density at radius 3 is 2.62 bits per heavy atom. The highest BCUT2D eigenvalue weighted by atomic mass is 32.2. The maximum atomic E-state index is 5.81. The minimum Gasteiger partial charge on any atom is -0.493 e. The molecule has 24 heavy (non-hydrogen) atoms. The average molecular weight is 340 g/mol. The number of para-hydroxylation sites is 1. The Morgan fingerprint density at radius 1 is 1.04 bits per heavy atom. The number of thioether (sulfide) groups is 1. The van der Waals surface area contributed by atoms with Crippen molar-refractivity contribution in [3.8, 4) is 11.4 Å². The Hall–Kier alpha value is -2.34. The van der Waals surface area contributed by atoms with E-state index in [1.54, 1.807) is 16.4 Å². The highest BCUT2D eigenvalue weighted by molar-refractivity contribution is 7.99. The maximum Gasteiger partial charge on any atom is 0.214 e. The van der Waals surface area contributed by atoms with E-state index in [9.17, 15) is 0 Å². The van der Waals surface area contributed by atoms with Gasteiger partial charge in [0.05, 0.1) is 12.3 Å². The topological polar surface area (TPSA) is 52.8 Å². The fourth-order valence-electron chi connectivity index (χ4n) is 2.24. The molecule has 0 bridgehead atoms. The van der Waals surface area contributed by atoms with Gasteiger partial charge < -0.3 is 4.74 Å². The predicted molar refractivity (Wildman–Crippen MR) is 95.9 cm³/mol. The van der Waals surface area contributed by atoms with Crippen LogP contribution in [-0.4, -0.2) is 32.6 Å². The van der Waals surface area contributed by atoms with Crippen LogP contribution in [0.3, 0.4) is 0 Å². The van der Waals surface area contributed by atoms with Crippen LogP contribution in [0.2, 0.25) is 0 Å².